The summed E-state index contributed by atoms with van der Waals surface area (Å²) in [5, 5.41) is 18.9. The van der Waals surface area contributed by atoms with Crippen molar-refractivity contribution in [1.29, 1.82) is 0 Å². The van der Waals surface area contributed by atoms with E-state index in [1.165, 1.54) is 30.0 Å². The number of ether oxygens (including phenoxy) is 1. The number of phenolic OH excluding ortho intramolecular Hbond substituents is 1. The summed E-state index contributed by atoms with van der Waals surface area (Å²) in [5.41, 5.74) is -0.727. The Morgan fingerprint density at radius 2 is 2.00 bits per heavy atom. The van der Waals surface area contributed by atoms with Crippen LogP contribution in [0.2, 0.25) is 0 Å². The molecule has 0 saturated carbocycles. The molecule has 1 unspecified atom stereocenters. The quantitative estimate of drug-likeness (QED) is 0.888. The minimum Gasteiger partial charge on any atom is -0.508 e. The van der Waals surface area contributed by atoms with E-state index in [0.717, 1.165) is 0 Å². The largest absolute Gasteiger partial charge is 0.508 e. The fourth-order valence-corrected chi connectivity index (χ4v) is 2.56. The van der Waals surface area contributed by atoms with Crippen molar-refractivity contribution in [2.45, 2.75) is 45.3 Å². The summed E-state index contributed by atoms with van der Waals surface area (Å²) in [6.07, 6.45) is 0.834. The molecule has 0 radical (unpaired) electrons. The van der Waals surface area contributed by atoms with Gasteiger partial charge in [-0.2, -0.15) is 0 Å². The van der Waals surface area contributed by atoms with Crippen LogP contribution >= 0.6 is 0 Å². The molecule has 1 aliphatic heterocycles. The summed E-state index contributed by atoms with van der Waals surface area (Å²) in [5.74, 6) is -1.12. The molecule has 21 heavy (non-hydrogen) atoms. The molecule has 6 heteroatoms. The van der Waals surface area contributed by atoms with Crippen molar-refractivity contribution < 1.29 is 24.5 Å². The Hall–Kier alpha value is -2.24. The molecule has 0 fully saturated rings. The molecule has 1 aromatic carbocycles. The number of hydrogen-bond donors (Lipinski definition) is 2. The average molecular weight is 293 g/mol. The van der Waals surface area contributed by atoms with Crippen molar-refractivity contribution in [3.8, 4) is 11.5 Å². The molecule has 114 valence electrons. The summed E-state index contributed by atoms with van der Waals surface area (Å²) < 4.78 is 5.83. The Bertz CT molecular complexity index is 579. The number of carbonyl (C=O) groups excluding carboxylic acids is 1. The van der Waals surface area contributed by atoms with Crippen molar-refractivity contribution in [1.82, 2.24) is 0 Å². The fraction of sp³-hybridized carbons (Fsp3) is 0.467. The van der Waals surface area contributed by atoms with Crippen LogP contribution in [-0.2, 0) is 9.59 Å². The summed E-state index contributed by atoms with van der Waals surface area (Å²) >= 11 is 0. The molecule has 0 aliphatic carbocycles. The van der Waals surface area contributed by atoms with Gasteiger partial charge in [0.2, 0.25) is 0 Å². The smallest absolute Gasteiger partial charge is 0.326 e. The number of carboxylic acids is 1. The van der Waals surface area contributed by atoms with Crippen LogP contribution in [0, 0.1) is 0 Å². The number of nitrogens with zero attached hydrogens (tertiary/aromatic N) is 1. The van der Waals surface area contributed by atoms with Crippen molar-refractivity contribution in [2.24, 2.45) is 0 Å². The van der Waals surface area contributed by atoms with Crippen LogP contribution in [0.5, 0.6) is 11.5 Å². The van der Waals surface area contributed by atoms with Crippen molar-refractivity contribution in [3.63, 3.8) is 0 Å². The zero-order valence-corrected chi connectivity index (χ0v) is 12.3. The summed E-state index contributed by atoms with van der Waals surface area (Å²) in [4.78, 5) is 25.3. The van der Waals surface area contributed by atoms with E-state index in [1.54, 1.807) is 0 Å². The van der Waals surface area contributed by atoms with E-state index in [0.29, 0.717) is 24.3 Å². The van der Waals surface area contributed by atoms with Crippen LogP contribution in [0.4, 0.5) is 5.69 Å². The molecule has 0 spiro atoms. The summed E-state index contributed by atoms with van der Waals surface area (Å²) in [6, 6.07) is 3.30. The molecule has 2 rings (SSSR count). The zero-order valence-electron chi connectivity index (χ0n) is 12.3. The van der Waals surface area contributed by atoms with Gasteiger partial charge in [0.15, 0.2) is 5.60 Å². The van der Waals surface area contributed by atoms with Crippen molar-refractivity contribution in [2.75, 3.05) is 4.90 Å². The molecule has 2 N–H and O–H groups in total. The van der Waals surface area contributed by atoms with E-state index in [4.69, 9.17) is 4.74 Å². The van der Waals surface area contributed by atoms with E-state index < -0.39 is 17.6 Å². The second-order valence-electron chi connectivity index (χ2n) is 5.14. The molecule has 0 aromatic heterocycles. The third kappa shape index (κ3) is 2.30. The number of aromatic hydroxyl groups is 1. The molecule has 0 bridgehead atoms. The molecule has 1 amide bonds. The fourth-order valence-electron chi connectivity index (χ4n) is 2.56. The van der Waals surface area contributed by atoms with Gasteiger partial charge >= 0.3 is 5.97 Å². The van der Waals surface area contributed by atoms with Gasteiger partial charge in [-0.1, -0.05) is 13.8 Å². The van der Waals surface area contributed by atoms with Gasteiger partial charge in [-0.25, -0.2) is 4.79 Å². The first-order valence-corrected chi connectivity index (χ1v) is 6.94. The van der Waals surface area contributed by atoms with Crippen LogP contribution < -0.4 is 9.64 Å². The average Bonchev–Trinajstić information content (AvgIpc) is 2.46. The number of benzene rings is 1. The van der Waals surface area contributed by atoms with Crippen LogP contribution in [0.3, 0.4) is 0 Å². The number of anilines is 1. The Balaban J connectivity index is 2.62. The maximum atomic E-state index is 12.8. The summed E-state index contributed by atoms with van der Waals surface area (Å²) in [7, 11) is 0. The van der Waals surface area contributed by atoms with Crippen molar-refractivity contribution in [3.05, 3.63) is 18.2 Å². The highest BCUT2D eigenvalue weighted by Gasteiger charge is 2.48. The number of carboxylic acid groups (broad SMARTS) is 1. The minimum atomic E-state index is -1.09. The van der Waals surface area contributed by atoms with Crippen LogP contribution in [0.15, 0.2) is 18.2 Å². The number of fused-ring (bicyclic) bond motifs is 1. The minimum absolute atomic E-state index is 0.00660. The number of phenols is 1. The standard InChI is InChI=1S/C15H19NO5/c1-4-15(5-2)14(20)16(9(3)13(18)19)11-7-6-10(17)8-12(11)21-15/h6-9,17H,4-5H2,1-3H3,(H,18,19). The van der Waals surface area contributed by atoms with Gasteiger partial charge in [-0.15, -0.1) is 0 Å². The van der Waals surface area contributed by atoms with Gasteiger partial charge in [0.1, 0.15) is 17.5 Å². The second-order valence-corrected chi connectivity index (χ2v) is 5.14. The zero-order chi connectivity index (χ0) is 15.8. The lowest BCUT2D eigenvalue weighted by Gasteiger charge is -2.43. The first kappa shape index (κ1) is 15.2. The van der Waals surface area contributed by atoms with Crippen LogP contribution in [-0.4, -0.2) is 33.7 Å². The Kier molecular flexibility index (Phi) is 3.80. The monoisotopic (exact) mass is 293 g/mol. The van der Waals surface area contributed by atoms with Gasteiger partial charge in [-0.3, -0.25) is 9.69 Å². The normalized spacial score (nSPS) is 17.9. The van der Waals surface area contributed by atoms with E-state index in [2.05, 4.69) is 0 Å². The molecule has 1 atom stereocenters. The molecular weight excluding hydrogens is 274 g/mol. The highest BCUT2D eigenvalue weighted by molar-refractivity contribution is 6.06. The van der Waals surface area contributed by atoms with Gasteiger partial charge in [-0.05, 0) is 31.9 Å². The third-order valence-electron chi connectivity index (χ3n) is 4.00. The van der Waals surface area contributed by atoms with E-state index in [9.17, 15) is 19.8 Å². The third-order valence-corrected chi connectivity index (χ3v) is 4.00. The van der Waals surface area contributed by atoms with Crippen LogP contribution in [0.25, 0.3) is 0 Å². The predicted octanol–water partition coefficient (Wildman–Crippen LogP) is 2.15. The first-order valence-electron chi connectivity index (χ1n) is 6.94. The molecular formula is C15H19NO5. The van der Waals surface area contributed by atoms with E-state index in [-0.39, 0.29) is 11.7 Å². The molecule has 1 heterocycles. The molecule has 1 aromatic rings. The molecule has 1 aliphatic rings. The lowest BCUT2D eigenvalue weighted by Crippen LogP contribution is -2.59. The second kappa shape index (κ2) is 5.27. The Morgan fingerprint density at radius 3 is 2.52 bits per heavy atom. The molecule has 6 nitrogen and oxygen atoms in total. The number of rotatable bonds is 4. The first-order chi connectivity index (χ1) is 9.86. The lowest BCUT2D eigenvalue weighted by molar-refractivity contribution is -0.144. The number of amides is 1. The van der Waals surface area contributed by atoms with Gasteiger partial charge in [0.05, 0.1) is 5.69 Å². The molecule has 0 saturated heterocycles. The maximum Gasteiger partial charge on any atom is 0.326 e. The van der Waals surface area contributed by atoms with E-state index in [1.807, 2.05) is 13.8 Å². The van der Waals surface area contributed by atoms with Gasteiger partial charge in [0.25, 0.3) is 5.91 Å². The highest BCUT2D eigenvalue weighted by atomic mass is 16.5. The van der Waals surface area contributed by atoms with E-state index >= 15 is 0 Å². The number of carbonyl (C=O) groups is 2. The topological polar surface area (TPSA) is 87.1 Å². The Labute approximate surface area is 122 Å². The van der Waals surface area contributed by atoms with Crippen LogP contribution in [0.1, 0.15) is 33.6 Å². The highest BCUT2D eigenvalue weighted by Crippen LogP contribution is 2.43. The maximum absolute atomic E-state index is 12.8. The predicted molar refractivity (Wildman–Crippen MR) is 76.6 cm³/mol. The lowest BCUT2D eigenvalue weighted by atomic mass is 9.92. The summed E-state index contributed by atoms with van der Waals surface area (Å²) in [6.45, 7) is 5.09. The number of aliphatic carboxylic acids is 1. The number of hydrogen-bond acceptors (Lipinski definition) is 4. The SMILES string of the molecule is CCC1(CC)Oc2cc(O)ccc2N(C(C)C(=O)O)C1=O. The van der Waals surface area contributed by atoms with Crippen molar-refractivity contribution >= 4 is 17.6 Å². The Morgan fingerprint density at radius 1 is 1.38 bits per heavy atom. The van der Waals surface area contributed by atoms with Gasteiger partial charge < -0.3 is 14.9 Å². The van der Waals surface area contributed by atoms with Gasteiger partial charge in [0, 0.05) is 6.07 Å².